The van der Waals surface area contributed by atoms with Crippen LogP contribution in [0.15, 0.2) is 0 Å². The van der Waals surface area contributed by atoms with E-state index >= 15 is 0 Å². The van der Waals surface area contributed by atoms with Crippen molar-refractivity contribution in [1.82, 2.24) is 4.90 Å². The largest absolute Gasteiger partial charge is 0.392 e. The minimum Gasteiger partial charge on any atom is -0.392 e. The van der Waals surface area contributed by atoms with Gasteiger partial charge in [0, 0.05) is 6.54 Å². The number of hydrogen-bond acceptors (Lipinski definition) is 2. The molecule has 0 amide bonds. The first-order valence-electron chi connectivity index (χ1n) is 8.14. The Bertz CT molecular complexity index is 196. The molecule has 1 saturated heterocycles. The van der Waals surface area contributed by atoms with Gasteiger partial charge in [0.15, 0.2) is 0 Å². The Morgan fingerprint density at radius 1 is 1.00 bits per heavy atom. The number of unbranched alkanes of at least 4 members (excludes halogenated alkanes) is 7. The molecule has 108 valence electrons. The van der Waals surface area contributed by atoms with Crippen molar-refractivity contribution in [2.45, 2.75) is 77.7 Å². The highest BCUT2D eigenvalue weighted by Gasteiger charge is 2.23. The number of nitrogens with zero attached hydrogens (tertiary/aromatic N) is 1. The molecule has 1 aliphatic heterocycles. The van der Waals surface area contributed by atoms with Gasteiger partial charge in [-0.25, -0.2) is 0 Å². The molecular weight excluding hydrogens is 222 g/mol. The van der Waals surface area contributed by atoms with E-state index in [1.165, 1.54) is 64.5 Å². The van der Waals surface area contributed by atoms with E-state index in [0.29, 0.717) is 5.92 Å². The van der Waals surface area contributed by atoms with Crippen LogP contribution in [0.2, 0.25) is 0 Å². The molecule has 0 saturated carbocycles. The Balaban J connectivity index is 1.89. The lowest BCUT2D eigenvalue weighted by Crippen LogP contribution is -2.43. The predicted molar refractivity (Wildman–Crippen MR) is 78.8 cm³/mol. The van der Waals surface area contributed by atoms with Gasteiger partial charge in [0.2, 0.25) is 0 Å². The molecule has 2 nitrogen and oxygen atoms in total. The van der Waals surface area contributed by atoms with Crippen molar-refractivity contribution in [3.05, 3.63) is 0 Å². The highest BCUT2D eigenvalue weighted by atomic mass is 16.3. The van der Waals surface area contributed by atoms with Gasteiger partial charge in [-0.2, -0.15) is 0 Å². The normalized spacial score (nSPS) is 25.5. The van der Waals surface area contributed by atoms with Gasteiger partial charge in [-0.1, -0.05) is 58.8 Å². The maximum absolute atomic E-state index is 9.83. The van der Waals surface area contributed by atoms with Gasteiger partial charge >= 0.3 is 0 Å². The van der Waals surface area contributed by atoms with E-state index in [9.17, 15) is 5.11 Å². The van der Waals surface area contributed by atoms with E-state index < -0.39 is 0 Å². The van der Waals surface area contributed by atoms with E-state index in [4.69, 9.17) is 0 Å². The predicted octanol–water partition coefficient (Wildman–Crippen LogP) is 3.83. The molecule has 0 aromatic carbocycles. The van der Waals surface area contributed by atoms with Gasteiger partial charge in [0.05, 0.1) is 6.10 Å². The van der Waals surface area contributed by atoms with E-state index in [1.807, 2.05) is 0 Å². The number of rotatable bonds is 9. The number of aliphatic hydroxyl groups excluding tert-OH is 1. The van der Waals surface area contributed by atoms with Gasteiger partial charge in [-0.3, -0.25) is 0 Å². The van der Waals surface area contributed by atoms with Crippen LogP contribution in [0.5, 0.6) is 0 Å². The summed E-state index contributed by atoms with van der Waals surface area (Å²) < 4.78 is 0. The summed E-state index contributed by atoms with van der Waals surface area (Å²) in [6.45, 7) is 7.72. The number of β-amino-alcohol motifs (C(OH)–C–C–N with tert-alkyl or cyclic N) is 1. The minimum atomic E-state index is -0.0900. The highest BCUT2D eigenvalue weighted by molar-refractivity contribution is 4.76. The van der Waals surface area contributed by atoms with Crippen molar-refractivity contribution >= 4 is 0 Å². The van der Waals surface area contributed by atoms with Gasteiger partial charge in [-0.15, -0.1) is 0 Å². The first-order valence-corrected chi connectivity index (χ1v) is 8.14. The Morgan fingerprint density at radius 2 is 1.61 bits per heavy atom. The first kappa shape index (κ1) is 16.0. The molecule has 1 N–H and O–H groups in total. The standard InChI is InChI=1S/C16H33NO/c1-3-4-5-6-7-8-9-10-12-17-13-11-15(2)16(18)14-17/h15-16,18H,3-14H2,1-2H3. The van der Waals surface area contributed by atoms with Crippen LogP contribution < -0.4 is 0 Å². The lowest BCUT2D eigenvalue weighted by atomic mass is 9.96. The number of aliphatic hydroxyl groups is 1. The number of likely N-dealkylation sites (tertiary alicyclic amines) is 1. The van der Waals surface area contributed by atoms with Crippen LogP contribution in [-0.2, 0) is 0 Å². The maximum atomic E-state index is 9.83. The average Bonchev–Trinajstić information content (AvgIpc) is 2.37. The molecule has 1 heterocycles. The Kier molecular flexibility index (Phi) is 8.70. The van der Waals surface area contributed by atoms with E-state index in [-0.39, 0.29) is 6.10 Å². The molecule has 1 fully saturated rings. The van der Waals surface area contributed by atoms with Crippen molar-refractivity contribution in [2.24, 2.45) is 5.92 Å². The molecule has 0 aromatic rings. The zero-order valence-corrected chi connectivity index (χ0v) is 12.5. The second-order valence-electron chi connectivity index (χ2n) is 6.11. The summed E-state index contributed by atoms with van der Waals surface area (Å²) in [5.41, 5.74) is 0. The quantitative estimate of drug-likeness (QED) is 0.633. The third-order valence-corrected chi connectivity index (χ3v) is 4.33. The molecule has 1 aliphatic rings. The Labute approximate surface area is 114 Å². The second-order valence-corrected chi connectivity index (χ2v) is 6.11. The second kappa shape index (κ2) is 9.80. The Morgan fingerprint density at radius 3 is 2.22 bits per heavy atom. The van der Waals surface area contributed by atoms with Crippen LogP contribution in [0.3, 0.4) is 0 Å². The molecule has 2 atom stereocenters. The number of hydrogen-bond donors (Lipinski definition) is 1. The molecular formula is C16H33NO. The fraction of sp³-hybridized carbons (Fsp3) is 1.00. The van der Waals surface area contributed by atoms with Crippen LogP contribution in [0.1, 0.15) is 71.6 Å². The zero-order valence-electron chi connectivity index (χ0n) is 12.5. The lowest BCUT2D eigenvalue weighted by Gasteiger charge is -2.34. The van der Waals surface area contributed by atoms with Gasteiger partial charge in [-0.05, 0) is 31.8 Å². The smallest absolute Gasteiger partial charge is 0.0693 e. The van der Waals surface area contributed by atoms with E-state index in [2.05, 4.69) is 18.7 Å². The molecule has 2 heteroatoms. The molecule has 0 radical (unpaired) electrons. The van der Waals surface area contributed by atoms with Crippen LogP contribution >= 0.6 is 0 Å². The summed E-state index contributed by atoms with van der Waals surface area (Å²) in [7, 11) is 0. The van der Waals surface area contributed by atoms with Crippen LogP contribution in [0.25, 0.3) is 0 Å². The summed E-state index contributed by atoms with van der Waals surface area (Å²) in [5.74, 6) is 0.500. The molecule has 0 aliphatic carbocycles. The van der Waals surface area contributed by atoms with Crippen molar-refractivity contribution < 1.29 is 5.11 Å². The van der Waals surface area contributed by atoms with Crippen LogP contribution in [0.4, 0.5) is 0 Å². The molecule has 18 heavy (non-hydrogen) atoms. The maximum Gasteiger partial charge on any atom is 0.0693 e. The molecule has 2 unspecified atom stereocenters. The van der Waals surface area contributed by atoms with Crippen LogP contribution in [0, 0.1) is 5.92 Å². The van der Waals surface area contributed by atoms with Crippen LogP contribution in [-0.4, -0.2) is 35.7 Å². The van der Waals surface area contributed by atoms with Crippen molar-refractivity contribution in [1.29, 1.82) is 0 Å². The molecule has 0 bridgehead atoms. The minimum absolute atomic E-state index is 0.0900. The summed E-state index contributed by atoms with van der Waals surface area (Å²) in [5, 5.41) is 9.83. The molecule has 0 spiro atoms. The SMILES string of the molecule is CCCCCCCCCCN1CCC(C)C(O)C1. The topological polar surface area (TPSA) is 23.5 Å². The first-order chi connectivity index (χ1) is 8.74. The highest BCUT2D eigenvalue weighted by Crippen LogP contribution is 2.17. The third kappa shape index (κ3) is 6.75. The molecule has 1 rings (SSSR count). The van der Waals surface area contributed by atoms with E-state index in [1.54, 1.807) is 0 Å². The average molecular weight is 255 g/mol. The fourth-order valence-electron chi connectivity index (χ4n) is 2.79. The Hall–Kier alpha value is -0.0800. The fourth-order valence-corrected chi connectivity index (χ4v) is 2.79. The van der Waals surface area contributed by atoms with Crippen molar-refractivity contribution in [3.8, 4) is 0 Å². The lowest BCUT2D eigenvalue weighted by molar-refractivity contribution is 0.0286. The summed E-state index contributed by atoms with van der Waals surface area (Å²) in [6, 6.07) is 0. The summed E-state index contributed by atoms with van der Waals surface area (Å²) in [6.07, 6.45) is 12.2. The monoisotopic (exact) mass is 255 g/mol. The molecule has 0 aromatic heterocycles. The number of piperidine rings is 1. The summed E-state index contributed by atoms with van der Waals surface area (Å²) >= 11 is 0. The van der Waals surface area contributed by atoms with Gasteiger partial charge in [0.25, 0.3) is 0 Å². The van der Waals surface area contributed by atoms with Gasteiger partial charge in [0.1, 0.15) is 0 Å². The van der Waals surface area contributed by atoms with E-state index in [0.717, 1.165) is 13.0 Å². The third-order valence-electron chi connectivity index (χ3n) is 4.33. The summed E-state index contributed by atoms with van der Waals surface area (Å²) in [4.78, 5) is 2.45. The van der Waals surface area contributed by atoms with Gasteiger partial charge < -0.3 is 10.0 Å². The zero-order chi connectivity index (χ0) is 13.2. The van der Waals surface area contributed by atoms with Crippen molar-refractivity contribution in [2.75, 3.05) is 19.6 Å². The van der Waals surface area contributed by atoms with Crippen molar-refractivity contribution in [3.63, 3.8) is 0 Å².